The van der Waals surface area contributed by atoms with Crippen molar-refractivity contribution in [2.75, 3.05) is 6.61 Å². The summed E-state index contributed by atoms with van der Waals surface area (Å²) in [6, 6.07) is 18.1. The molecule has 7 nitrogen and oxygen atoms in total. The molecule has 2 N–H and O–H groups in total. The molecule has 1 atom stereocenters. The maximum atomic E-state index is 12.7. The summed E-state index contributed by atoms with van der Waals surface area (Å²) in [5, 5.41) is 12.4. The van der Waals surface area contributed by atoms with Crippen LogP contribution < -0.4 is 10.1 Å². The minimum atomic E-state index is -1.07. The first kappa shape index (κ1) is 31.9. The minimum absolute atomic E-state index is 0.171. The highest BCUT2D eigenvalue weighted by Gasteiger charge is 2.22. The highest BCUT2D eigenvalue weighted by atomic mass is 32.1. The fraction of sp³-hybridized carbons (Fsp3) is 0.371. The first-order valence-electron chi connectivity index (χ1n) is 15.1. The Bertz CT molecular complexity index is 1450. The molecule has 0 aliphatic heterocycles. The minimum Gasteiger partial charge on any atom is -0.494 e. The first-order valence-corrected chi connectivity index (χ1v) is 15.9. The molecular weight excluding hydrogens is 558 g/mol. The van der Waals surface area contributed by atoms with E-state index in [4.69, 9.17) is 4.74 Å². The molecule has 1 unspecified atom stereocenters. The number of thiophene rings is 1. The molecule has 226 valence electrons. The number of unbranched alkanes of at least 4 members (excludes halogenated alkanes) is 4. The second kappa shape index (κ2) is 16.0. The van der Waals surface area contributed by atoms with E-state index in [9.17, 15) is 14.7 Å². The molecular formula is C35H41N3O4S. The van der Waals surface area contributed by atoms with Gasteiger partial charge in [0.25, 0.3) is 5.91 Å². The third-order valence-corrected chi connectivity index (χ3v) is 8.21. The predicted octanol–water partition coefficient (Wildman–Crippen LogP) is 7.85. The Kier molecular flexibility index (Phi) is 11.9. The summed E-state index contributed by atoms with van der Waals surface area (Å²) in [6.07, 6.45) is 10.7. The van der Waals surface area contributed by atoms with Gasteiger partial charge in [0.05, 0.1) is 11.5 Å². The molecule has 0 radical (unpaired) electrons. The SMILES string of the molecule is CCCCCCCOc1ccc(-c2cnc(-c3ccc(CC(NC(=O)c4ccc(CC(C)C)s4)C(=O)O)cc3)nc2)cc1. The van der Waals surface area contributed by atoms with Crippen LogP contribution in [0.15, 0.2) is 73.1 Å². The van der Waals surface area contributed by atoms with Crippen molar-refractivity contribution >= 4 is 23.2 Å². The third kappa shape index (κ3) is 9.75. The van der Waals surface area contributed by atoms with E-state index in [1.165, 1.54) is 37.0 Å². The average molecular weight is 600 g/mol. The molecule has 43 heavy (non-hydrogen) atoms. The Morgan fingerprint density at radius 3 is 2.16 bits per heavy atom. The van der Waals surface area contributed by atoms with E-state index in [-0.39, 0.29) is 12.3 Å². The zero-order valence-electron chi connectivity index (χ0n) is 25.2. The van der Waals surface area contributed by atoms with E-state index >= 15 is 0 Å². The van der Waals surface area contributed by atoms with E-state index in [0.717, 1.165) is 52.3 Å². The lowest BCUT2D eigenvalue weighted by atomic mass is 10.0. The lowest BCUT2D eigenvalue weighted by molar-refractivity contribution is -0.139. The highest BCUT2D eigenvalue weighted by molar-refractivity contribution is 7.14. The molecule has 4 aromatic rings. The zero-order valence-corrected chi connectivity index (χ0v) is 26.0. The number of ether oxygens (including phenoxy) is 1. The highest BCUT2D eigenvalue weighted by Crippen LogP contribution is 2.24. The Hall–Kier alpha value is -4.04. The van der Waals surface area contributed by atoms with Crippen LogP contribution in [0, 0.1) is 5.92 Å². The Morgan fingerprint density at radius 2 is 1.51 bits per heavy atom. The smallest absolute Gasteiger partial charge is 0.326 e. The molecule has 1 amide bonds. The summed E-state index contributed by atoms with van der Waals surface area (Å²) in [7, 11) is 0. The molecule has 0 spiro atoms. The average Bonchev–Trinajstić information content (AvgIpc) is 3.47. The molecule has 0 aliphatic rings. The van der Waals surface area contributed by atoms with E-state index in [2.05, 4.69) is 36.1 Å². The van der Waals surface area contributed by atoms with Gasteiger partial charge in [-0.05, 0) is 54.2 Å². The maximum absolute atomic E-state index is 12.7. The lowest BCUT2D eigenvalue weighted by Crippen LogP contribution is -2.42. The van der Waals surface area contributed by atoms with E-state index in [1.807, 2.05) is 54.6 Å². The summed E-state index contributed by atoms with van der Waals surface area (Å²) in [5.41, 5.74) is 3.54. The fourth-order valence-corrected chi connectivity index (χ4v) is 5.86. The quantitative estimate of drug-likeness (QED) is 0.127. The molecule has 2 aromatic heterocycles. The van der Waals surface area contributed by atoms with Crippen LogP contribution in [0.25, 0.3) is 22.5 Å². The maximum Gasteiger partial charge on any atom is 0.326 e. The number of aromatic nitrogens is 2. The Balaban J connectivity index is 1.31. The molecule has 8 heteroatoms. The molecule has 2 heterocycles. The number of rotatable bonds is 16. The number of benzene rings is 2. The van der Waals surface area contributed by atoms with Crippen molar-refractivity contribution in [2.45, 2.75) is 71.8 Å². The van der Waals surface area contributed by atoms with Gasteiger partial charge in [0.2, 0.25) is 0 Å². The van der Waals surface area contributed by atoms with Gasteiger partial charge in [-0.3, -0.25) is 4.79 Å². The van der Waals surface area contributed by atoms with Crippen molar-refractivity contribution in [1.82, 2.24) is 15.3 Å². The van der Waals surface area contributed by atoms with Gasteiger partial charge in [-0.15, -0.1) is 11.3 Å². The normalized spacial score (nSPS) is 11.8. The zero-order chi connectivity index (χ0) is 30.6. The van der Waals surface area contributed by atoms with Gasteiger partial charge in [0.1, 0.15) is 11.8 Å². The molecule has 4 rings (SSSR count). The van der Waals surface area contributed by atoms with Crippen LogP contribution in [0.2, 0.25) is 0 Å². The number of nitrogens with one attached hydrogen (secondary N) is 1. The molecule has 0 fully saturated rings. The predicted molar refractivity (Wildman–Crippen MR) is 173 cm³/mol. The fourth-order valence-electron chi connectivity index (χ4n) is 4.73. The second-order valence-corrected chi connectivity index (χ2v) is 12.4. The number of nitrogens with zero attached hydrogens (tertiary/aromatic N) is 2. The van der Waals surface area contributed by atoms with Crippen LogP contribution in [0.3, 0.4) is 0 Å². The monoisotopic (exact) mass is 599 g/mol. The Labute approximate surface area is 258 Å². The summed E-state index contributed by atoms with van der Waals surface area (Å²) in [5.74, 6) is 0.495. The molecule has 0 saturated heterocycles. The van der Waals surface area contributed by atoms with Crippen molar-refractivity contribution < 1.29 is 19.4 Å². The number of hydrogen-bond donors (Lipinski definition) is 2. The van der Waals surface area contributed by atoms with Crippen LogP contribution in [0.5, 0.6) is 5.75 Å². The number of carboxylic acids is 1. The molecule has 2 aromatic carbocycles. The molecule has 0 saturated carbocycles. The van der Waals surface area contributed by atoms with Gasteiger partial charge in [-0.2, -0.15) is 0 Å². The summed E-state index contributed by atoms with van der Waals surface area (Å²) < 4.78 is 5.87. The van der Waals surface area contributed by atoms with E-state index in [1.54, 1.807) is 18.5 Å². The standard InChI is InChI=1S/C35H41N3O4S/c1-4-5-6-7-8-19-42-29-15-13-26(14-16-29)28-22-36-33(37-23-28)27-11-9-25(10-12-27)21-31(35(40)41)38-34(39)32-18-17-30(43-32)20-24(2)3/h9-18,22-24,31H,4-8,19-21H2,1-3H3,(H,38,39)(H,40,41). The van der Waals surface area contributed by atoms with Crippen LogP contribution in [-0.4, -0.2) is 39.6 Å². The second-order valence-electron chi connectivity index (χ2n) is 11.2. The van der Waals surface area contributed by atoms with E-state index < -0.39 is 12.0 Å². The Morgan fingerprint density at radius 1 is 0.837 bits per heavy atom. The van der Waals surface area contributed by atoms with Crippen molar-refractivity contribution in [3.05, 3.63) is 88.4 Å². The number of aliphatic carboxylic acids is 1. The van der Waals surface area contributed by atoms with Gasteiger partial charge in [0.15, 0.2) is 5.82 Å². The topological polar surface area (TPSA) is 101 Å². The first-order chi connectivity index (χ1) is 20.8. The number of hydrogen-bond acceptors (Lipinski definition) is 6. The number of amides is 1. The molecule has 0 bridgehead atoms. The van der Waals surface area contributed by atoms with Crippen LogP contribution >= 0.6 is 11.3 Å². The van der Waals surface area contributed by atoms with Gasteiger partial charge in [0, 0.05) is 34.8 Å². The number of carbonyl (C=O) groups excluding carboxylic acids is 1. The van der Waals surface area contributed by atoms with Crippen molar-refractivity contribution in [3.63, 3.8) is 0 Å². The van der Waals surface area contributed by atoms with Crippen LogP contribution in [0.1, 0.15) is 73.0 Å². The lowest BCUT2D eigenvalue weighted by Gasteiger charge is -2.14. The van der Waals surface area contributed by atoms with Gasteiger partial charge in [-0.1, -0.05) is 82.9 Å². The van der Waals surface area contributed by atoms with Crippen LogP contribution in [0.4, 0.5) is 0 Å². The van der Waals surface area contributed by atoms with Gasteiger partial charge < -0.3 is 15.2 Å². The largest absolute Gasteiger partial charge is 0.494 e. The number of carboxylic acid groups (broad SMARTS) is 1. The summed E-state index contributed by atoms with van der Waals surface area (Å²) >= 11 is 1.41. The number of carbonyl (C=O) groups is 2. The van der Waals surface area contributed by atoms with E-state index in [0.29, 0.717) is 16.6 Å². The van der Waals surface area contributed by atoms with Gasteiger partial charge >= 0.3 is 5.97 Å². The van der Waals surface area contributed by atoms with Gasteiger partial charge in [-0.25, -0.2) is 14.8 Å². The van der Waals surface area contributed by atoms with Crippen molar-refractivity contribution in [2.24, 2.45) is 5.92 Å². The summed E-state index contributed by atoms with van der Waals surface area (Å²) in [6.45, 7) is 7.20. The summed E-state index contributed by atoms with van der Waals surface area (Å²) in [4.78, 5) is 35.4. The molecule has 0 aliphatic carbocycles. The third-order valence-electron chi connectivity index (χ3n) is 7.11. The van der Waals surface area contributed by atoms with Crippen molar-refractivity contribution in [1.29, 1.82) is 0 Å². The van der Waals surface area contributed by atoms with Crippen LogP contribution in [-0.2, 0) is 17.6 Å². The van der Waals surface area contributed by atoms with Crippen molar-refractivity contribution in [3.8, 4) is 28.3 Å².